The van der Waals surface area contributed by atoms with Gasteiger partial charge in [0.2, 0.25) is 11.8 Å². The first-order chi connectivity index (χ1) is 13.8. The molecule has 0 spiro atoms. The van der Waals surface area contributed by atoms with Gasteiger partial charge in [0, 0.05) is 6.42 Å². The Kier molecular flexibility index (Phi) is 4.14. The molecule has 0 N–H and O–H groups in total. The van der Waals surface area contributed by atoms with E-state index in [0.29, 0.717) is 18.2 Å². The molecule has 3 saturated heterocycles. The fourth-order valence-electron chi connectivity index (χ4n) is 5.16. The maximum Gasteiger partial charge on any atom is 0.417 e. The number of fused-ring (bicyclic) bond motifs is 5. The van der Waals surface area contributed by atoms with E-state index in [0.717, 1.165) is 11.0 Å². The largest absolute Gasteiger partial charge is 0.493 e. The molecule has 9 heteroatoms. The minimum Gasteiger partial charge on any atom is -0.493 e. The number of ether oxygens (including phenoxy) is 2. The second-order valence-electron chi connectivity index (χ2n) is 8.42. The molecule has 3 fully saturated rings. The molecule has 1 aromatic carbocycles. The molecule has 6 nitrogen and oxygen atoms in total. The van der Waals surface area contributed by atoms with E-state index < -0.39 is 58.3 Å². The number of hydrogen-bond acceptors (Lipinski definition) is 5. The maximum atomic E-state index is 13.4. The minimum atomic E-state index is -4.80. The molecular formula is C21H19F3N2O4. The Balaban J connectivity index is 1.77. The van der Waals surface area contributed by atoms with Crippen LogP contribution >= 0.6 is 0 Å². The second-order valence-corrected chi connectivity index (χ2v) is 8.42. The highest BCUT2D eigenvalue weighted by Gasteiger charge is 2.76. The zero-order valence-corrected chi connectivity index (χ0v) is 16.5. The molecule has 3 aliphatic rings. The number of nitriles is 1. The molecule has 30 heavy (non-hydrogen) atoms. The van der Waals surface area contributed by atoms with Crippen LogP contribution in [0.2, 0.25) is 0 Å². The Bertz CT molecular complexity index is 1030. The van der Waals surface area contributed by atoms with Crippen molar-refractivity contribution in [3.63, 3.8) is 0 Å². The van der Waals surface area contributed by atoms with Crippen LogP contribution in [-0.2, 0) is 25.2 Å². The number of carbonyl (C=O) groups is 2. The molecule has 1 aromatic rings. The van der Waals surface area contributed by atoms with E-state index in [1.165, 1.54) is 12.1 Å². The van der Waals surface area contributed by atoms with E-state index in [1.54, 1.807) is 20.8 Å². The number of amides is 2. The summed E-state index contributed by atoms with van der Waals surface area (Å²) in [6.07, 6.45) is -4.96. The molecule has 4 rings (SSSR count). The lowest BCUT2D eigenvalue weighted by Gasteiger charge is -2.35. The highest BCUT2D eigenvalue weighted by molar-refractivity contribution is 6.23. The minimum absolute atomic E-state index is 0.213. The van der Waals surface area contributed by atoms with Gasteiger partial charge in [-0.05, 0) is 39.0 Å². The lowest BCUT2D eigenvalue weighted by Crippen LogP contribution is -2.50. The summed E-state index contributed by atoms with van der Waals surface area (Å²) in [5.74, 6) is -2.52. The Morgan fingerprint density at radius 2 is 1.93 bits per heavy atom. The number of benzene rings is 1. The van der Waals surface area contributed by atoms with Crippen LogP contribution in [0.1, 0.15) is 38.3 Å². The highest BCUT2D eigenvalue weighted by atomic mass is 19.4. The van der Waals surface area contributed by atoms with E-state index in [1.807, 2.05) is 0 Å². The number of alkyl halides is 3. The van der Waals surface area contributed by atoms with Gasteiger partial charge in [-0.25, -0.2) is 4.90 Å². The molecule has 0 saturated carbocycles. The summed E-state index contributed by atoms with van der Waals surface area (Å²) in [5, 5.41) is 8.98. The van der Waals surface area contributed by atoms with E-state index in [-0.39, 0.29) is 5.69 Å². The van der Waals surface area contributed by atoms with E-state index in [4.69, 9.17) is 14.7 Å². The quantitative estimate of drug-likeness (QED) is 0.552. The first-order valence-electron chi connectivity index (χ1n) is 9.35. The number of imide groups is 1. The number of halogens is 3. The van der Waals surface area contributed by atoms with Gasteiger partial charge in [-0.2, -0.15) is 18.4 Å². The van der Waals surface area contributed by atoms with E-state index >= 15 is 0 Å². The van der Waals surface area contributed by atoms with Crippen LogP contribution in [0.4, 0.5) is 18.9 Å². The molecule has 3 heterocycles. The number of rotatable bonds is 3. The van der Waals surface area contributed by atoms with Crippen molar-refractivity contribution >= 4 is 17.5 Å². The molecule has 5 atom stereocenters. The summed E-state index contributed by atoms with van der Waals surface area (Å²) >= 11 is 0. The Hall–Kier alpha value is -2.86. The van der Waals surface area contributed by atoms with Gasteiger partial charge in [-0.1, -0.05) is 6.58 Å². The summed E-state index contributed by atoms with van der Waals surface area (Å²) in [6.45, 7) is 8.78. The van der Waals surface area contributed by atoms with Crippen molar-refractivity contribution in [1.82, 2.24) is 0 Å². The summed E-state index contributed by atoms with van der Waals surface area (Å²) in [7, 11) is 0. The third-order valence-corrected chi connectivity index (χ3v) is 6.30. The van der Waals surface area contributed by atoms with Gasteiger partial charge in [-0.15, -0.1) is 0 Å². The van der Waals surface area contributed by atoms with Crippen LogP contribution in [0.15, 0.2) is 30.5 Å². The van der Waals surface area contributed by atoms with Crippen molar-refractivity contribution in [3.05, 3.63) is 41.7 Å². The molecule has 0 aliphatic carbocycles. The van der Waals surface area contributed by atoms with Crippen molar-refractivity contribution < 1.29 is 32.2 Å². The van der Waals surface area contributed by atoms with Crippen LogP contribution < -0.4 is 4.90 Å². The smallest absolute Gasteiger partial charge is 0.417 e. The fourth-order valence-corrected chi connectivity index (χ4v) is 5.16. The van der Waals surface area contributed by atoms with Crippen LogP contribution in [0, 0.1) is 23.2 Å². The van der Waals surface area contributed by atoms with Crippen LogP contribution in [0.3, 0.4) is 0 Å². The standard InChI is InChI=1S/C21H19F3N2O4/c1-10(2)29-14-8-19(3)15-16(20(14,4)30-19)18(28)26(17(15)27)12-6-5-11(9-25)13(7-12)21(22,23)24/h5-7,14-16H,1,8H2,2-4H3/t14-,15+,16-,19?,20?/m0/s1. The molecule has 158 valence electrons. The van der Waals surface area contributed by atoms with Crippen LogP contribution in [-0.4, -0.2) is 29.1 Å². The number of carbonyl (C=O) groups excluding carboxylic acids is 2. The highest BCUT2D eigenvalue weighted by Crippen LogP contribution is 2.62. The average molecular weight is 420 g/mol. The van der Waals surface area contributed by atoms with Gasteiger partial charge in [-0.3, -0.25) is 9.59 Å². The number of nitrogens with zero attached hydrogens (tertiary/aromatic N) is 2. The number of allylic oxidation sites excluding steroid dienone is 1. The lowest BCUT2D eigenvalue weighted by atomic mass is 9.67. The van der Waals surface area contributed by atoms with Gasteiger partial charge >= 0.3 is 6.18 Å². The topological polar surface area (TPSA) is 79.6 Å². The van der Waals surface area contributed by atoms with Crippen molar-refractivity contribution in [1.29, 1.82) is 5.26 Å². The third kappa shape index (κ3) is 2.59. The lowest BCUT2D eigenvalue weighted by molar-refractivity contribution is -0.138. The van der Waals surface area contributed by atoms with Crippen LogP contribution in [0.25, 0.3) is 0 Å². The Morgan fingerprint density at radius 1 is 1.30 bits per heavy atom. The van der Waals surface area contributed by atoms with Crippen LogP contribution in [0.5, 0.6) is 0 Å². The normalized spacial score (nSPS) is 34.8. The molecule has 2 amide bonds. The van der Waals surface area contributed by atoms with Gasteiger partial charge in [0.25, 0.3) is 0 Å². The molecule has 0 radical (unpaired) electrons. The summed E-state index contributed by atoms with van der Waals surface area (Å²) in [6, 6.07) is 4.31. The zero-order valence-electron chi connectivity index (χ0n) is 16.5. The van der Waals surface area contributed by atoms with Crippen molar-refractivity contribution in [2.24, 2.45) is 11.8 Å². The zero-order chi connectivity index (χ0) is 22.2. The maximum absolute atomic E-state index is 13.4. The first kappa shape index (κ1) is 20.4. The SMILES string of the molecule is C=C(C)O[C@H]1CC2(C)OC1(C)[C@@H]1C(=O)N(c3ccc(C#N)c(C(F)(F)F)c3)C(=O)[C@@H]12. The second kappa shape index (κ2) is 6.08. The van der Waals surface area contributed by atoms with Crippen molar-refractivity contribution in [2.45, 2.75) is 50.7 Å². The number of anilines is 1. The predicted octanol–water partition coefficient (Wildman–Crippen LogP) is 3.55. The van der Waals surface area contributed by atoms with Crippen molar-refractivity contribution in [3.8, 4) is 6.07 Å². The molecule has 2 unspecified atom stereocenters. The van der Waals surface area contributed by atoms with E-state index in [2.05, 4.69) is 6.58 Å². The van der Waals surface area contributed by atoms with Gasteiger partial charge in [0.15, 0.2) is 0 Å². The molecule has 0 aromatic heterocycles. The number of hydrogen-bond donors (Lipinski definition) is 0. The van der Waals surface area contributed by atoms with E-state index in [9.17, 15) is 22.8 Å². The third-order valence-electron chi connectivity index (χ3n) is 6.30. The van der Waals surface area contributed by atoms with Gasteiger partial charge in [0.05, 0.1) is 46.1 Å². The molecule has 2 bridgehead atoms. The summed E-state index contributed by atoms with van der Waals surface area (Å²) in [5.41, 5.74) is -4.09. The van der Waals surface area contributed by atoms with Gasteiger partial charge < -0.3 is 9.47 Å². The first-order valence-corrected chi connectivity index (χ1v) is 9.35. The Labute approximate surface area is 170 Å². The molecular weight excluding hydrogens is 401 g/mol. The fraction of sp³-hybridized carbons (Fsp3) is 0.476. The monoisotopic (exact) mass is 420 g/mol. The predicted molar refractivity (Wildman–Crippen MR) is 97.8 cm³/mol. The Morgan fingerprint density at radius 3 is 2.50 bits per heavy atom. The summed E-state index contributed by atoms with van der Waals surface area (Å²) in [4.78, 5) is 27.3. The van der Waals surface area contributed by atoms with Gasteiger partial charge in [0.1, 0.15) is 11.7 Å². The summed E-state index contributed by atoms with van der Waals surface area (Å²) < 4.78 is 52.0. The molecule has 3 aliphatic heterocycles. The average Bonchev–Trinajstić information content (AvgIpc) is 3.14. The van der Waals surface area contributed by atoms with Crippen molar-refractivity contribution in [2.75, 3.05) is 4.90 Å².